The van der Waals surface area contributed by atoms with Crippen LogP contribution in [0.15, 0.2) is 35.5 Å². The number of hydrogen-bond acceptors (Lipinski definition) is 5. The van der Waals surface area contributed by atoms with Crippen LogP contribution in [-0.2, 0) is 10.0 Å². The molecule has 0 aliphatic heterocycles. The molecule has 0 amide bonds. The maximum Gasteiger partial charge on any atom is 0.240 e. The minimum absolute atomic E-state index is 0.169. The van der Waals surface area contributed by atoms with Crippen LogP contribution in [-0.4, -0.2) is 35.7 Å². The van der Waals surface area contributed by atoms with Gasteiger partial charge in [0.1, 0.15) is 6.33 Å². The molecule has 0 fully saturated rings. The van der Waals surface area contributed by atoms with Crippen LogP contribution in [0.1, 0.15) is 0 Å². The maximum absolute atomic E-state index is 11.6. The van der Waals surface area contributed by atoms with E-state index in [1.54, 1.807) is 12.1 Å². The summed E-state index contributed by atoms with van der Waals surface area (Å²) in [5, 5.41) is 10.6. The van der Waals surface area contributed by atoms with Crippen molar-refractivity contribution in [1.82, 2.24) is 24.9 Å². The zero-order chi connectivity index (χ0) is 11.6. The van der Waals surface area contributed by atoms with Crippen LogP contribution < -0.4 is 4.72 Å². The number of benzene rings is 1. The lowest BCUT2D eigenvalue weighted by Crippen LogP contribution is -2.18. The van der Waals surface area contributed by atoms with E-state index >= 15 is 0 Å². The molecule has 0 aliphatic carbocycles. The molecule has 2 rings (SSSR count). The zero-order valence-electron chi connectivity index (χ0n) is 8.40. The van der Waals surface area contributed by atoms with Crippen molar-refractivity contribution in [2.75, 3.05) is 7.05 Å². The Kier molecular flexibility index (Phi) is 2.67. The molecule has 1 aromatic carbocycles. The molecule has 0 unspecified atom stereocenters. The smallest absolute Gasteiger partial charge is 0.214 e. The van der Waals surface area contributed by atoms with Gasteiger partial charge in [0, 0.05) is 0 Å². The molecular weight excluding hydrogens is 230 g/mol. The molecule has 7 nitrogen and oxygen atoms in total. The van der Waals surface area contributed by atoms with Gasteiger partial charge >= 0.3 is 0 Å². The Morgan fingerprint density at radius 2 is 2.19 bits per heavy atom. The van der Waals surface area contributed by atoms with Crippen LogP contribution >= 0.6 is 0 Å². The highest BCUT2D eigenvalue weighted by molar-refractivity contribution is 7.89. The number of sulfonamides is 1. The lowest BCUT2D eigenvalue weighted by molar-refractivity contribution is 0.588. The predicted octanol–water partition coefficient (Wildman–Crippen LogP) is -0.430. The number of nitrogens with one attached hydrogen (secondary N) is 1. The van der Waals surface area contributed by atoms with E-state index < -0.39 is 10.0 Å². The molecule has 1 N–H and O–H groups in total. The lowest BCUT2D eigenvalue weighted by atomic mass is 10.3. The summed E-state index contributed by atoms with van der Waals surface area (Å²) in [5.74, 6) is 0. The zero-order valence-corrected chi connectivity index (χ0v) is 9.22. The van der Waals surface area contributed by atoms with E-state index in [0.717, 1.165) is 0 Å². The highest BCUT2D eigenvalue weighted by Gasteiger charge is 2.11. The highest BCUT2D eigenvalue weighted by Crippen LogP contribution is 2.13. The third-order valence-corrected chi connectivity index (χ3v) is 3.42. The third kappa shape index (κ3) is 1.92. The first kappa shape index (κ1) is 10.7. The molecule has 8 heteroatoms. The molecule has 84 valence electrons. The van der Waals surface area contributed by atoms with E-state index in [1.807, 2.05) is 0 Å². The largest absolute Gasteiger partial charge is 0.240 e. The van der Waals surface area contributed by atoms with Crippen LogP contribution in [0.5, 0.6) is 0 Å². The summed E-state index contributed by atoms with van der Waals surface area (Å²) in [6.45, 7) is 0. The van der Waals surface area contributed by atoms with Crippen LogP contribution in [0, 0.1) is 0 Å². The Morgan fingerprint density at radius 3 is 2.81 bits per heavy atom. The number of tetrazole rings is 1. The second-order valence-electron chi connectivity index (χ2n) is 2.96. The average Bonchev–Trinajstić information content (AvgIpc) is 2.83. The Bertz CT molecular complexity index is 578. The Morgan fingerprint density at radius 1 is 1.38 bits per heavy atom. The fourth-order valence-electron chi connectivity index (χ4n) is 1.19. The molecule has 0 spiro atoms. The van der Waals surface area contributed by atoms with Crippen LogP contribution in [0.2, 0.25) is 0 Å². The summed E-state index contributed by atoms with van der Waals surface area (Å²) in [6.07, 6.45) is 1.39. The van der Waals surface area contributed by atoms with Crippen molar-refractivity contribution in [3.8, 4) is 5.69 Å². The van der Waals surface area contributed by atoms with Gasteiger partial charge in [-0.15, -0.1) is 5.10 Å². The highest BCUT2D eigenvalue weighted by atomic mass is 32.2. The topological polar surface area (TPSA) is 89.8 Å². The van der Waals surface area contributed by atoms with Crippen molar-refractivity contribution in [2.45, 2.75) is 4.90 Å². The van der Waals surface area contributed by atoms with Gasteiger partial charge in [-0.3, -0.25) is 0 Å². The van der Waals surface area contributed by atoms with Crippen molar-refractivity contribution in [3.05, 3.63) is 30.6 Å². The van der Waals surface area contributed by atoms with E-state index in [9.17, 15) is 8.42 Å². The van der Waals surface area contributed by atoms with E-state index in [4.69, 9.17) is 0 Å². The van der Waals surface area contributed by atoms with Crippen LogP contribution in [0.3, 0.4) is 0 Å². The first-order valence-corrected chi connectivity index (χ1v) is 5.89. The van der Waals surface area contributed by atoms with E-state index in [1.165, 1.54) is 30.2 Å². The summed E-state index contributed by atoms with van der Waals surface area (Å²) < 4.78 is 26.7. The van der Waals surface area contributed by atoms with Gasteiger partial charge < -0.3 is 0 Å². The summed E-state index contributed by atoms with van der Waals surface area (Å²) in [7, 11) is -2.08. The number of nitrogens with zero attached hydrogens (tertiary/aromatic N) is 4. The van der Waals surface area contributed by atoms with Gasteiger partial charge in [0.15, 0.2) is 0 Å². The molecule has 0 bridgehead atoms. The molecule has 1 heterocycles. The lowest BCUT2D eigenvalue weighted by Gasteiger charge is -2.04. The number of rotatable bonds is 3. The van der Waals surface area contributed by atoms with Gasteiger partial charge in [0.05, 0.1) is 10.6 Å². The Labute approximate surface area is 92.1 Å². The summed E-state index contributed by atoms with van der Waals surface area (Å²) >= 11 is 0. The molecule has 1 aromatic heterocycles. The van der Waals surface area contributed by atoms with Crippen molar-refractivity contribution in [3.63, 3.8) is 0 Å². The van der Waals surface area contributed by atoms with Crippen molar-refractivity contribution in [2.24, 2.45) is 0 Å². The standard InChI is InChI=1S/C8H9N5O2S/c1-9-16(14,15)8-4-2-3-7(5-8)13-6-10-11-12-13/h2-6,9H,1H3. The first-order valence-electron chi connectivity index (χ1n) is 4.40. The summed E-state index contributed by atoms with van der Waals surface area (Å²) in [6, 6.07) is 6.33. The molecule has 0 aliphatic rings. The first-order chi connectivity index (χ1) is 7.63. The second-order valence-corrected chi connectivity index (χ2v) is 4.85. The molecule has 16 heavy (non-hydrogen) atoms. The van der Waals surface area contributed by atoms with Crippen molar-refractivity contribution >= 4 is 10.0 Å². The molecule has 0 saturated heterocycles. The van der Waals surface area contributed by atoms with Gasteiger partial charge in [0.25, 0.3) is 0 Å². The quantitative estimate of drug-likeness (QED) is 0.785. The fourth-order valence-corrected chi connectivity index (χ4v) is 1.96. The van der Waals surface area contributed by atoms with E-state index in [2.05, 4.69) is 20.2 Å². The van der Waals surface area contributed by atoms with Crippen LogP contribution in [0.25, 0.3) is 5.69 Å². The van der Waals surface area contributed by atoms with Crippen LogP contribution in [0.4, 0.5) is 0 Å². The second kappa shape index (κ2) is 3.99. The van der Waals surface area contributed by atoms with Gasteiger partial charge in [-0.2, -0.15) is 0 Å². The van der Waals surface area contributed by atoms with E-state index in [-0.39, 0.29) is 4.90 Å². The van der Waals surface area contributed by atoms with Crippen molar-refractivity contribution < 1.29 is 8.42 Å². The minimum Gasteiger partial charge on any atom is -0.214 e. The maximum atomic E-state index is 11.6. The fraction of sp³-hybridized carbons (Fsp3) is 0.125. The minimum atomic E-state index is -3.44. The van der Waals surface area contributed by atoms with Gasteiger partial charge in [-0.25, -0.2) is 17.8 Å². The third-order valence-electron chi connectivity index (χ3n) is 2.01. The van der Waals surface area contributed by atoms with Gasteiger partial charge in [-0.05, 0) is 35.7 Å². The molecule has 0 saturated carbocycles. The monoisotopic (exact) mass is 239 g/mol. The molecule has 2 aromatic rings. The molecular formula is C8H9N5O2S. The molecule has 0 radical (unpaired) electrons. The number of hydrogen-bond donors (Lipinski definition) is 1. The summed E-state index contributed by atoms with van der Waals surface area (Å²) in [4.78, 5) is 0.169. The van der Waals surface area contributed by atoms with Gasteiger partial charge in [-0.1, -0.05) is 6.07 Å². The molecule has 0 atom stereocenters. The Balaban J connectivity index is 2.50. The SMILES string of the molecule is CNS(=O)(=O)c1cccc(-n2cnnn2)c1. The van der Waals surface area contributed by atoms with Crippen molar-refractivity contribution in [1.29, 1.82) is 0 Å². The van der Waals surface area contributed by atoms with E-state index in [0.29, 0.717) is 5.69 Å². The average molecular weight is 239 g/mol. The number of aromatic nitrogens is 4. The Hall–Kier alpha value is -1.80. The predicted molar refractivity (Wildman–Crippen MR) is 55.4 cm³/mol. The summed E-state index contributed by atoms with van der Waals surface area (Å²) in [5.41, 5.74) is 0.585. The van der Waals surface area contributed by atoms with Gasteiger partial charge in [0.2, 0.25) is 10.0 Å². The normalized spacial score (nSPS) is 11.6.